The molecule has 5 atom stereocenters. The number of rotatable bonds is 79. The zero-order valence-electron chi connectivity index (χ0n) is 68.9. The smallest absolute Gasteiger partial charge is 0.462 e. The van der Waals surface area contributed by atoms with E-state index in [-0.39, 0.29) is 25.7 Å². The first-order valence-corrected chi connectivity index (χ1v) is 45.7. The number of phosphoric acid groups is 2. The lowest BCUT2D eigenvalue weighted by Crippen LogP contribution is -2.30. The van der Waals surface area contributed by atoms with Crippen molar-refractivity contribution in [1.29, 1.82) is 0 Å². The van der Waals surface area contributed by atoms with Crippen molar-refractivity contribution in [3.05, 3.63) is 158 Å². The fourth-order valence-corrected chi connectivity index (χ4v) is 12.5. The molecule has 0 rings (SSSR count). The number of phosphoric ester groups is 2. The van der Waals surface area contributed by atoms with Crippen molar-refractivity contribution >= 4 is 39.5 Å². The molecular weight excluding hydrogens is 1430 g/mol. The van der Waals surface area contributed by atoms with Crippen molar-refractivity contribution in [3.8, 4) is 0 Å². The van der Waals surface area contributed by atoms with Gasteiger partial charge in [0.15, 0.2) is 12.2 Å². The van der Waals surface area contributed by atoms with Gasteiger partial charge in [0, 0.05) is 25.7 Å². The molecule has 0 amide bonds. The predicted octanol–water partition coefficient (Wildman–Crippen LogP) is 25.6. The van der Waals surface area contributed by atoms with Crippen molar-refractivity contribution in [2.75, 3.05) is 39.6 Å². The van der Waals surface area contributed by atoms with Gasteiger partial charge in [0.05, 0.1) is 26.4 Å². The molecule has 0 heterocycles. The van der Waals surface area contributed by atoms with Crippen LogP contribution in [0.2, 0.25) is 0 Å². The SMILES string of the molecule is CC/C=C\C/C=C\C/C=C\C/C=C\C/C=C\CCCCCC(=O)OCC(COP(=O)(O)OCC(O)COP(=O)(O)OCC(COC(=O)CCCCCCCC/C=C\C/C=C\C/C=C\CCCCC)OC(=O)CCCCCCCC/C=C\C/C=C\C/C=C\CCCCC)OC(=O)CCCCCCC/C=C\C/C=C\CCC. The minimum atomic E-state index is -5.00. The first-order valence-electron chi connectivity index (χ1n) is 42.7. The molecule has 0 aliphatic rings. The van der Waals surface area contributed by atoms with Crippen molar-refractivity contribution < 1.29 is 80.2 Å². The molecule has 0 aromatic carbocycles. The fourth-order valence-electron chi connectivity index (χ4n) is 10.9. The van der Waals surface area contributed by atoms with Crippen molar-refractivity contribution in [2.24, 2.45) is 0 Å². The second-order valence-corrected chi connectivity index (χ2v) is 30.9. The van der Waals surface area contributed by atoms with E-state index in [4.69, 9.17) is 37.0 Å². The molecule has 5 unspecified atom stereocenters. The highest BCUT2D eigenvalue weighted by Crippen LogP contribution is 2.45. The van der Waals surface area contributed by atoms with Gasteiger partial charge in [0.2, 0.25) is 0 Å². The highest BCUT2D eigenvalue weighted by molar-refractivity contribution is 7.47. The Morgan fingerprint density at radius 2 is 0.491 bits per heavy atom. The van der Waals surface area contributed by atoms with E-state index >= 15 is 0 Å². The number of hydrogen-bond acceptors (Lipinski definition) is 15. The Balaban J connectivity index is 5.43. The number of aliphatic hydroxyl groups is 1. The van der Waals surface area contributed by atoms with Crippen molar-refractivity contribution in [1.82, 2.24) is 0 Å². The second kappa shape index (κ2) is 81.7. The summed E-state index contributed by atoms with van der Waals surface area (Å²) >= 11 is 0. The number of allylic oxidation sites excluding steroid dienone is 26. The summed E-state index contributed by atoms with van der Waals surface area (Å²) in [5, 5.41) is 10.7. The summed E-state index contributed by atoms with van der Waals surface area (Å²) in [4.78, 5) is 73.2. The monoisotopic (exact) mass is 1580 g/mol. The maximum absolute atomic E-state index is 13.1. The quantitative estimate of drug-likeness (QED) is 0.0169. The van der Waals surface area contributed by atoms with Crippen LogP contribution < -0.4 is 0 Å². The number of aliphatic hydroxyl groups excluding tert-OH is 1. The molecule has 0 aliphatic carbocycles. The number of carbonyl (C=O) groups is 4. The van der Waals surface area contributed by atoms with Gasteiger partial charge in [-0.2, -0.15) is 0 Å². The van der Waals surface area contributed by atoms with Gasteiger partial charge in [-0.1, -0.05) is 295 Å². The molecule has 110 heavy (non-hydrogen) atoms. The Kier molecular flexibility index (Phi) is 77.7. The van der Waals surface area contributed by atoms with Crippen LogP contribution in [0.4, 0.5) is 0 Å². The third-order valence-corrected chi connectivity index (χ3v) is 19.3. The van der Waals surface area contributed by atoms with E-state index in [1.54, 1.807) is 0 Å². The van der Waals surface area contributed by atoms with Crippen LogP contribution in [0.3, 0.4) is 0 Å². The van der Waals surface area contributed by atoms with Gasteiger partial charge in [0.1, 0.15) is 19.3 Å². The Labute approximate surface area is 668 Å². The third-order valence-electron chi connectivity index (χ3n) is 17.4. The lowest BCUT2D eigenvalue weighted by Gasteiger charge is -2.21. The molecule has 0 spiro atoms. The average molecular weight is 1580 g/mol. The number of unbranched alkanes of at least 4 members (excludes halogenated alkanes) is 27. The predicted molar refractivity (Wildman–Crippen MR) is 454 cm³/mol. The van der Waals surface area contributed by atoms with Gasteiger partial charge in [-0.25, -0.2) is 9.13 Å². The van der Waals surface area contributed by atoms with Gasteiger partial charge in [0.25, 0.3) is 0 Å². The third kappa shape index (κ3) is 80.7. The highest BCUT2D eigenvalue weighted by Gasteiger charge is 2.30. The first kappa shape index (κ1) is 105. The number of ether oxygens (including phenoxy) is 4. The topological polar surface area (TPSA) is 237 Å². The van der Waals surface area contributed by atoms with E-state index in [0.717, 1.165) is 218 Å². The lowest BCUT2D eigenvalue weighted by atomic mass is 10.1. The van der Waals surface area contributed by atoms with E-state index in [2.05, 4.69) is 186 Å². The first-order chi connectivity index (χ1) is 53.7. The van der Waals surface area contributed by atoms with Crippen LogP contribution in [0.1, 0.15) is 336 Å². The Morgan fingerprint density at radius 1 is 0.264 bits per heavy atom. The molecule has 3 N–H and O–H groups in total. The van der Waals surface area contributed by atoms with Gasteiger partial charge < -0.3 is 33.8 Å². The van der Waals surface area contributed by atoms with Gasteiger partial charge in [-0.15, -0.1) is 0 Å². The Bertz CT molecular complexity index is 2700. The van der Waals surface area contributed by atoms with E-state index in [0.29, 0.717) is 25.7 Å². The maximum atomic E-state index is 13.1. The normalized spacial score (nSPS) is 14.6. The molecule has 0 saturated carbocycles. The largest absolute Gasteiger partial charge is 0.472 e. The fraction of sp³-hybridized carbons (Fsp3) is 0.670. The summed E-state index contributed by atoms with van der Waals surface area (Å²) in [5.41, 5.74) is 0. The molecule has 19 heteroatoms. The number of hydrogen-bond donors (Lipinski definition) is 3. The molecule has 0 bridgehead atoms. The summed E-state index contributed by atoms with van der Waals surface area (Å²) in [6.45, 7) is 4.58. The van der Waals surface area contributed by atoms with E-state index in [9.17, 15) is 43.2 Å². The zero-order valence-corrected chi connectivity index (χ0v) is 70.7. The minimum Gasteiger partial charge on any atom is -0.462 e. The van der Waals surface area contributed by atoms with E-state index in [1.165, 1.54) is 38.5 Å². The van der Waals surface area contributed by atoms with E-state index in [1.807, 2.05) is 0 Å². The molecular formula is C91H152O17P2. The van der Waals surface area contributed by atoms with Crippen molar-refractivity contribution in [2.45, 2.75) is 354 Å². The van der Waals surface area contributed by atoms with Crippen LogP contribution in [0.15, 0.2) is 158 Å². The Hall–Kier alpha value is -5.32. The lowest BCUT2D eigenvalue weighted by molar-refractivity contribution is -0.161. The van der Waals surface area contributed by atoms with Crippen LogP contribution >= 0.6 is 15.6 Å². The summed E-state index contributed by atoms with van der Waals surface area (Å²) in [5.74, 6) is -2.26. The standard InChI is InChI=1S/C91H152O17P2/c1-5-9-13-17-21-25-29-33-36-39-42-45-48-52-55-59-63-67-71-75-88(93)101-81-86(107-90(95)77-73-69-65-61-57-51-32-28-24-20-16-12-8-4)83-105-109(97,98)103-79-85(92)80-104-110(99,100)106-84-87(108-91(96)78-74-70-66-62-58-54-50-47-44-41-38-35-31-27-23-19-15-11-7-3)82-102-89(94)76-72-68-64-60-56-53-49-46-43-40-37-34-30-26-22-18-14-10-6-2/h9,13,16,20-23,25-28,32-38,42-47,52,55,85-87,92H,5-8,10-12,14-15,17-19,24,29-31,39-41,48-51,53-54,56-84H2,1-4H3,(H,97,98)(H,99,100)/b13-9-,20-16-,25-21-,26-22-,27-23-,32-28-,36-33-,37-34-,38-35-,45-42-,46-43-,47-44-,55-52-. The molecule has 0 aromatic rings. The van der Waals surface area contributed by atoms with Crippen molar-refractivity contribution in [3.63, 3.8) is 0 Å². The van der Waals surface area contributed by atoms with Gasteiger partial charge in [-0.3, -0.25) is 37.3 Å². The highest BCUT2D eigenvalue weighted by atomic mass is 31.2. The molecule has 628 valence electrons. The minimum absolute atomic E-state index is 0.0659. The molecule has 0 fully saturated rings. The molecule has 0 aliphatic heterocycles. The van der Waals surface area contributed by atoms with Gasteiger partial charge >= 0.3 is 39.5 Å². The summed E-state index contributed by atoms with van der Waals surface area (Å²) in [6, 6.07) is 0. The van der Waals surface area contributed by atoms with E-state index < -0.39 is 97.5 Å². The van der Waals surface area contributed by atoms with Crippen LogP contribution in [0.5, 0.6) is 0 Å². The zero-order chi connectivity index (χ0) is 80.3. The molecule has 17 nitrogen and oxygen atoms in total. The van der Waals surface area contributed by atoms with Gasteiger partial charge in [-0.05, 0) is 173 Å². The second-order valence-electron chi connectivity index (χ2n) is 28.0. The molecule has 0 aromatic heterocycles. The van der Waals surface area contributed by atoms with Crippen LogP contribution in [0.25, 0.3) is 0 Å². The number of carbonyl (C=O) groups excluding carboxylic acids is 4. The van der Waals surface area contributed by atoms with Crippen LogP contribution in [-0.2, 0) is 65.4 Å². The molecule has 0 radical (unpaired) electrons. The number of esters is 4. The van der Waals surface area contributed by atoms with Crippen LogP contribution in [0, 0.1) is 0 Å². The maximum Gasteiger partial charge on any atom is 0.472 e. The summed E-state index contributed by atoms with van der Waals surface area (Å²) in [6.07, 6.45) is 96.3. The summed E-state index contributed by atoms with van der Waals surface area (Å²) in [7, 11) is -10.00. The summed E-state index contributed by atoms with van der Waals surface area (Å²) < 4.78 is 68.8. The van der Waals surface area contributed by atoms with Crippen LogP contribution in [-0.4, -0.2) is 96.7 Å². The molecule has 0 saturated heterocycles. The Morgan fingerprint density at radius 3 is 0.773 bits per heavy atom. The average Bonchev–Trinajstić information content (AvgIpc) is 0.942.